The van der Waals surface area contributed by atoms with Gasteiger partial charge >= 0.3 is 0 Å². The molecule has 0 amide bonds. The molecule has 13 heavy (non-hydrogen) atoms. The maximum absolute atomic E-state index is 11.5. The summed E-state index contributed by atoms with van der Waals surface area (Å²) in [6.45, 7) is 1.84. The topological polar surface area (TPSA) is 17.1 Å². The van der Waals surface area contributed by atoms with Crippen molar-refractivity contribution >= 4 is 36.8 Å². The molecule has 1 aromatic carbocycles. The van der Waals surface area contributed by atoms with E-state index in [1.807, 2.05) is 14.8 Å². The molecule has 1 atom stereocenters. The van der Waals surface area contributed by atoms with E-state index in [4.69, 9.17) is 23.2 Å². The lowest BCUT2D eigenvalue weighted by Crippen LogP contribution is -2.06. The van der Waals surface area contributed by atoms with Crippen LogP contribution in [0.5, 0.6) is 0 Å². The fourth-order valence-corrected chi connectivity index (χ4v) is 1.50. The lowest BCUT2D eigenvalue weighted by atomic mass is 9.83. The van der Waals surface area contributed by atoms with Crippen LogP contribution in [-0.2, 0) is 0 Å². The first-order chi connectivity index (χ1) is 6.02. The summed E-state index contributed by atoms with van der Waals surface area (Å²) in [5, 5.41) is 0.969. The molecule has 0 aromatic heterocycles. The van der Waals surface area contributed by atoms with Gasteiger partial charge < -0.3 is 0 Å². The number of hydrogen-bond donors (Lipinski definition) is 0. The van der Waals surface area contributed by atoms with Gasteiger partial charge in [-0.25, -0.2) is 0 Å². The van der Waals surface area contributed by atoms with Crippen LogP contribution < -0.4 is 0 Å². The molecule has 0 saturated carbocycles. The van der Waals surface area contributed by atoms with E-state index in [0.717, 1.165) is 0 Å². The highest BCUT2D eigenvalue weighted by Crippen LogP contribution is 2.23. The first kappa shape index (κ1) is 10.6. The zero-order chi connectivity index (χ0) is 10.0. The van der Waals surface area contributed by atoms with E-state index in [9.17, 15) is 4.79 Å². The lowest BCUT2D eigenvalue weighted by Gasteiger charge is -2.05. The van der Waals surface area contributed by atoms with Crippen molar-refractivity contribution in [2.24, 2.45) is 0 Å². The van der Waals surface area contributed by atoms with Crippen LogP contribution >= 0.6 is 23.2 Å². The summed E-state index contributed by atoms with van der Waals surface area (Å²) < 4.78 is 0. The number of rotatable bonds is 2. The summed E-state index contributed by atoms with van der Waals surface area (Å²) in [7, 11) is 1.84. The standard InChI is InChI=1S/C9H9BCl2O/c1-5(10)9(13)7-3-2-6(11)4-8(7)12/h2-5H,10H2,1H3. The van der Waals surface area contributed by atoms with Crippen molar-refractivity contribution in [2.45, 2.75) is 12.7 Å². The van der Waals surface area contributed by atoms with Crippen molar-refractivity contribution in [1.29, 1.82) is 0 Å². The van der Waals surface area contributed by atoms with Gasteiger partial charge in [0.2, 0.25) is 0 Å². The van der Waals surface area contributed by atoms with Crippen LogP contribution in [0.15, 0.2) is 18.2 Å². The third kappa shape index (κ3) is 2.49. The number of benzene rings is 1. The van der Waals surface area contributed by atoms with Gasteiger partial charge in [-0.15, -0.1) is 0 Å². The van der Waals surface area contributed by atoms with Crippen molar-refractivity contribution in [3.8, 4) is 0 Å². The average Bonchev–Trinajstić information content (AvgIpc) is 2.03. The van der Waals surface area contributed by atoms with Gasteiger partial charge in [0.15, 0.2) is 5.78 Å². The molecule has 1 unspecified atom stereocenters. The maximum atomic E-state index is 11.5. The minimum Gasteiger partial charge on any atom is -0.295 e. The molecule has 0 radical (unpaired) electrons. The molecule has 0 saturated heterocycles. The second-order valence-electron chi connectivity index (χ2n) is 3.14. The Bertz CT molecular complexity index is 336. The quantitative estimate of drug-likeness (QED) is 0.547. The van der Waals surface area contributed by atoms with Crippen molar-refractivity contribution in [2.75, 3.05) is 0 Å². The number of carbonyl (C=O) groups is 1. The van der Waals surface area contributed by atoms with Gasteiger partial charge in [0.05, 0.1) is 5.02 Å². The number of carbonyl (C=O) groups excluding carboxylic acids is 1. The van der Waals surface area contributed by atoms with Crippen molar-refractivity contribution in [1.82, 2.24) is 0 Å². The highest BCUT2D eigenvalue weighted by Gasteiger charge is 2.13. The van der Waals surface area contributed by atoms with Gasteiger partial charge in [-0.1, -0.05) is 30.1 Å². The molecule has 0 aliphatic heterocycles. The Balaban J connectivity index is 3.09. The van der Waals surface area contributed by atoms with Gasteiger partial charge in [0, 0.05) is 10.6 Å². The number of ketones is 1. The third-order valence-corrected chi connectivity index (χ3v) is 2.27. The van der Waals surface area contributed by atoms with Crippen LogP contribution in [0.4, 0.5) is 0 Å². The van der Waals surface area contributed by atoms with E-state index in [2.05, 4.69) is 0 Å². The number of halogens is 2. The minimum absolute atomic E-state index is 0.0429. The maximum Gasteiger partial charge on any atom is 0.159 e. The van der Waals surface area contributed by atoms with E-state index in [0.29, 0.717) is 15.6 Å². The summed E-state index contributed by atoms with van der Waals surface area (Å²) in [6, 6.07) is 4.91. The van der Waals surface area contributed by atoms with Gasteiger partial charge in [0.1, 0.15) is 7.85 Å². The van der Waals surface area contributed by atoms with Gasteiger partial charge in [-0.3, -0.25) is 4.79 Å². The predicted molar refractivity (Wildman–Crippen MR) is 58.8 cm³/mol. The molecule has 0 heterocycles. The number of Topliss-reactive ketones (excluding diaryl/α,β-unsaturated/α-hetero) is 1. The first-order valence-corrected chi connectivity index (χ1v) is 4.77. The molecule has 1 aromatic rings. The zero-order valence-corrected chi connectivity index (χ0v) is 8.99. The van der Waals surface area contributed by atoms with E-state index in [1.54, 1.807) is 18.2 Å². The second kappa shape index (κ2) is 4.16. The van der Waals surface area contributed by atoms with Crippen LogP contribution in [0.25, 0.3) is 0 Å². The molecule has 0 fully saturated rings. The van der Waals surface area contributed by atoms with Crippen molar-refractivity contribution in [3.05, 3.63) is 33.8 Å². The Morgan fingerprint density at radius 1 is 1.46 bits per heavy atom. The summed E-state index contributed by atoms with van der Waals surface area (Å²) in [4.78, 5) is 11.5. The molecule has 0 N–H and O–H groups in total. The van der Waals surface area contributed by atoms with Crippen LogP contribution in [0.2, 0.25) is 15.9 Å². The Morgan fingerprint density at radius 2 is 2.08 bits per heavy atom. The Kier molecular flexibility index (Phi) is 3.40. The van der Waals surface area contributed by atoms with Crippen molar-refractivity contribution in [3.63, 3.8) is 0 Å². The summed E-state index contributed by atoms with van der Waals surface area (Å²) in [6.07, 6.45) is 0. The molecule has 4 heteroatoms. The Hall–Kier alpha value is -0.465. The second-order valence-corrected chi connectivity index (χ2v) is 3.99. The van der Waals surface area contributed by atoms with Crippen molar-refractivity contribution < 1.29 is 4.79 Å². The average molecular weight is 215 g/mol. The monoisotopic (exact) mass is 214 g/mol. The molecular weight excluding hydrogens is 206 g/mol. The molecule has 1 nitrogen and oxygen atoms in total. The Morgan fingerprint density at radius 3 is 2.54 bits per heavy atom. The van der Waals surface area contributed by atoms with E-state index < -0.39 is 0 Å². The zero-order valence-electron chi connectivity index (χ0n) is 7.47. The van der Waals surface area contributed by atoms with E-state index in [1.165, 1.54) is 0 Å². The molecule has 0 spiro atoms. The Labute approximate surface area is 88.4 Å². The molecule has 0 bridgehead atoms. The van der Waals surface area contributed by atoms with E-state index in [-0.39, 0.29) is 11.6 Å². The minimum atomic E-state index is -0.0429. The fraction of sp³-hybridized carbons (Fsp3) is 0.222. The molecule has 1 rings (SSSR count). The highest BCUT2D eigenvalue weighted by atomic mass is 35.5. The fourth-order valence-electron chi connectivity index (χ4n) is 1.00. The normalized spacial score (nSPS) is 12.5. The van der Waals surface area contributed by atoms with Gasteiger partial charge in [-0.2, -0.15) is 0 Å². The van der Waals surface area contributed by atoms with Gasteiger partial charge in [0.25, 0.3) is 0 Å². The van der Waals surface area contributed by atoms with Crippen LogP contribution in [0.1, 0.15) is 17.3 Å². The lowest BCUT2D eigenvalue weighted by molar-refractivity contribution is 0.0989. The van der Waals surface area contributed by atoms with Crippen LogP contribution in [0.3, 0.4) is 0 Å². The molecule has 0 aliphatic rings. The van der Waals surface area contributed by atoms with E-state index >= 15 is 0 Å². The SMILES string of the molecule is BC(C)C(=O)c1ccc(Cl)cc1Cl. The number of hydrogen-bond acceptors (Lipinski definition) is 1. The van der Waals surface area contributed by atoms with Crippen LogP contribution in [0, 0.1) is 0 Å². The summed E-state index contributed by atoms with van der Waals surface area (Å²) in [5.74, 6) is 0.000317. The van der Waals surface area contributed by atoms with Gasteiger partial charge in [-0.05, 0) is 24.0 Å². The molecule has 68 valence electrons. The highest BCUT2D eigenvalue weighted by molar-refractivity contribution is 6.38. The smallest absolute Gasteiger partial charge is 0.159 e. The summed E-state index contributed by atoms with van der Waals surface area (Å²) in [5.41, 5.74) is 0.543. The molecular formula is C9H9BCl2O. The summed E-state index contributed by atoms with van der Waals surface area (Å²) >= 11 is 11.6. The third-order valence-electron chi connectivity index (χ3n) is 1.72. The molecule has 0 aliphatic carbocycles. The van der Waals surface area contributed by atoms with Crippen LogP contribution in [-0.4, -0.2) is 13.6 Å². The predicted octanol–water partition coefficient (Wildman–Crippen LogP) is 2.62. The largest absolute Gasteiger partial charge is 0.295 e. The first-order valence-electron chi connectivity index (χ1n) is 4.01.